The highest BCUT2D eigenvalue weighted by Gasteiger charge is 2.14. The van der Waals surface area contributed by atoms with Crippen LogP contribution in [0.15, 0.2) is 36.5 Å². The number of nitrogens with zero attached hydrogens (tertiary/aromatic N) is 1. The predicted octanol–water partition coefficient (Wildman–Crippen LogP) is 4.28. The molecular formula is C17H26N+. The number of aryl methyl sites for hydroxylation is 1. The first-order valence-electron chi connectivity index (χ1n) is 6.83. The van der Waals surface area contributed by atoms with Gasteiger partial charge in [0, 0.05) is 17.0 Å². The van der Waals surface area contributed by atoms with Crippen LogP contribution in [0.3, 0.4) is 0 Å². The Balaban J connectivity index is 0.000000771. The molecule has 0 bridgehead atoms. The molecule has 0 atom stereocenters. The molecule has 0 aliphatic rings. The lowest BCUT2D eigenvalue weighted by atomic mass is 9.88. The molecule has 0 amide bonds. The summed E-state index contributed by atoms with van der Waals surface area (Å²) in [6.07, 6.45) is 3.36. The smallest absolute Gasteiger partial charge is 0.201 e. The van der Waals surface area contributed by atoms with Crippen molar-refractivity contribution in [3.63, 3.8) is 0 Å². The van der Waals surface area contributed by atoms with E-state index in [4.69, 9.17) is 0 Å². The van der Waals surface area contributed by atoms with Gasteiger partial charge < -0.3 is 0 Å². The van der Waals surface area contributed by atoms with Crippen molar-refractivity contribution in [2.45, 2.75) is 41.0 Å². The molecule has 1 aromatic carbocycles. The summed E-state index contributed by atoms with van der Waals surface area (Å²) in [5.74, 6) is 0. The number of hydrogen-bond donors (Lipinski definition) is 0. The Labute approximate surface area is 111 Å². The van der Waals surface area contributed by atoms with Crippen molar-refractivity contribution < 1.29 is 4.57 Å². The van der Waals surface area contributed by atoms with E-state index in [1.165, 1.54) is 16.5 Å². The zero-order valence-corrected chi connectivity index (χ0v) is 12.6. The summed E-state index contributed by atoms with van der Waals surface area (Å²) >= 11 is 0. The fourth-order valence-electron chi connectivity index (χ4n) is 2.20. The van der Waals surface area contributed by atoms with Crippen molar-refractivity contribution in [2.24, 2.45) is 12.5 Å². The molecule has 0 aliphatic carbocycles. The SMILES string of the molecule is CC.C[n+]1cc(CC(C)(C)C)cc2ccccc21. The van der Waals surface area contributed by atoms with Crippen molar-refractivity contribution in [1.29, 1.82) is 0 Å². The summed E-state index contributed by atoms with van der Waals surface area (Å²) in [6.45, 7) is 10.8. The average molecular weight is 244 g/mol. The van der Waals surface area contributed by atoms with Crippen LogP contribution < -0.4 is 4.57 Å². The zero-order valence-electron chi connectivity index (χ0n) is 12.6. The van der Waals surface area contributed by atoms with Gasteiger partial charge >= 0.3 is 0 Å². The highest BCUT2D eigenvalue weighted by molar-refractivity contribution is 5.75. The molecule has 98 valence electrons. The molecule has 1 aromatic heterocycles. The third-order valence-corrected chi connectivity index (χ3v) is 2.75. The average Bonchev–Trinajstić information content (AvgIpc) is 2.29. The number of pyridine rings is 1. The summed E-state index contributed by atoms with van der Waals surface area (Å²) in [7, 11) is 2.12. The maximum Gasteiger partial charge on any atom is 0.212 e. The Morgan fingerprint density at radius 3 is 2.28 bits per heavy atom. The summed E-state index contributed by atoms with van der Waals surface area (Å²) in [4.78, 5) is 0. The van der Waals surface area contributed by atoms with Crippen LogP contribution in [0.4, 0.5) is 0 Å². The van der Waals surface area contributed by atoms with Gasteiger partial charge in [0.15, 0.2) is 6.20 Å². The molecule has 18 heavy (non-hydrogen) atoms. The first-order valence-corrected chi connectivity index (χ1v) is 6.83. The van der Waals surface area contributed by atoms with E-state index in [2.05, 4.69) is 68.9 Å². The van der Waals surface area contributed by atoms with E-state index >= 15 is 0 Å². The zero-order chi connectivity index (χ0) is 13.8. The Hall–Kier alpha value is -1.37. The molecule has 0 aliphatic heterocycles. The first-order chi connectivity index (χ1) is 8.46. The van der Waals surface area contributed by atoms with Gasteiger partial charge in [0.05, 0.1) is 0 Å². The number of aromatic nitrogens is 1. The molecule has 1 heteroatoms. The van der Waals surface area contributed by atoms with Crippen LogP contribution in [0.1, 0.15) is 40.2 Å². The molecule has 1 heterocycles. The van der Waals surface area contributed by atoms with Crippen molar-refractivity contribution in [3.8, 4) is 0 Å². The number of rotatable bonds is 1. The van der Waals surface area contributed by atoms with E-state index < -0.39 is 0 Å². The topological polar surface area (TPSA) is 3.88 Å². The highest BCUT2D eigenvalue weighted by atomic mass is 14.9. The third-order valence-electron chi connectivity index (χ3n) is 2.75. The normalized spacial score (nSPS) is 11.0. The number of para-hydroxylation sites is 1. The molecule has 2 rings (SSSR count). The van der Waals surface area contributed by atoms with E-state index in [9.17, 15) is 0 Å². The molecule has 0 fully saturated rings. The summed E-state index contributed by atoms with van der Waals surface area (Å²) in [6, 6.07) is 10.8. The van der Waals surface area contributed by atoms with Crippen molar-refractivity contribution >= 4 is 10.9 Å². The fourth-order valence-corrected chi connectivity index (χ4v) is 2.20. The second kappa shape index (κ2) is 5.99. The van der Waals surface area contributed by atoms with Crippen LogP contribution in [0.5, 0.6) is 0 Å². The van der Waals surface area contributed by atoms with Crippen LogP contribution in [0.25, 0.3) is 10.9 Å². The van der Waals surface area contributed by atoms with Crippen LogP contribution in [0, 0.1) is 5.41 Å². The standard InChI is InChI=1S/C15H20N.C2H6/c1-15(2,3)10-12-9-13-7-5-6-8-14(13)16(4)11-12;1-2/h5-9,11H,10H2,1-4H3;1-2H3/q+1;. The number of benzene rings is 1. The van der Waals surface area contributed by atoms with Gasteiger partial charge in [0.2, 0.25) is 5.52 Å². The fraction of sp³-hybridized carbons (Fsp3) is 0.471. The first kappa shape index (κ1) is 14.7. The molecule has 1 nitrogen and oxygen atoms in total. The lowest BCUT2D eigenvalue weighted by molar-refractivity contribution is -0.645. The molecule has 0 N–H and O–H groups in total. The Morgan fingerprint density at radius 2 is 1.67 bits per heavy atom. The summed E-state index contributed by atoms with van der Waals surface area (Å²) in [5.41, 5.74) is 3.05. The van der Waals surface area contributed by atoms with Crippen LogP contribution in [0.2, 0.25) is 0 Å². The largest absolute Gasteiger partial charge is 0.212 e. The maximum atomic E-state index is 2.31. The highest BCUT2D eigenvalue weighted by Crippen LogP contribution is 2.21. The van der Waals surface area contributed by atoms with Crippen LogP contribution in [-0.2, 0) is 13.5 Å². The maximum absolute atomic E-state index is 2.31. The van der Waals surface area contributed by atoms with E-state index in [1.54, 1.807) is 0 Å². The van der Waals surface area contributed by atoms with Crippen molar-refractivity contribution in [3.05, 3.63) is 42.1 Å². The second-order valence-electron chi connectivity index (χ2n) is 5.76. The lowest BCUT2D eigenvalue weighted by Gasteiger charge is -2.17. The number of fused-ring (bicyclic) bond motifs is 1. The van der Waals surface area contributed by atoms with Gasteiger partial charge in [-0.15, -0.1) is 0 Å². The van der Waals surface area contributed by atoms with Crippen molar-refractivity contribution in [2.75, 3.05) is 0 Å². The van der Waals surface area contributed by atoms with Gasteiger partial charge in [-0.3, -0.25) is 0 Å². The number of hydrogen-bond acceptors (Lipinski definition) is 0. The van der Waals surface area contributed by atoms with Crippen LogP contribution in [-0.4, -0.2) is 0 Å². The Kier molecular flexibility index (Phi) is 4.89. The van der Waals surface area contributed by atoms with E-state index in [-0.39, 0.29) is 0 Å². The Bertz CT molecular complexity index is 506. The van der Waals surface area contributed by atoms with Gasteiger partial charge in [-0.25, -0.2) is 4.57 Å². The molecule has 0 spiro atoms. The molecule has 2 aromatic rings. The van der Waals surface area contributed by atoms with Crippen LogP contribution >= 0.6 is 0 Å². The predicted molar refractivity (Wildman–Crippen MR) is 79.6 cm³/mol. The Morgan fingerprint density at radius 1 is 1.06 bits per heavy atom. The van der Waals surface area contributed by atoms with Gasteiger partial charge in [-0.05, 0) is 24.0 Å². The molecule has 0 saturated heterocycles. The summed E-state index contributed by atoms with van der Waals surface area (Å²) in [5, 5.41) is 1.33. The van der Waals surface area contributed by atoms with E-state index in [0.29, 0.717) is 5.41 Å². The summed E-state index contributed by atoms with van der Waals surface area (Å²) < 4.78 is 2.22. The second-order valence-corrected chi connectivity index (χ2v) is 5.76. The molecule has 0 saturated carbocycles. The minimum absolute atomic E-state index is 0.343. The van der Waals surface area contributed by atoms with Crippen molar-refractivity contribution in [1.82, 2.24) is 0 Å². The quantitative estimate of drug-likeness (QED) is 0.659. The lowest BCUT2D eigenvalue weighted by Crippen LogP contribution is -2.29. The third kappa shape index (κ3) is 3.83. The van der Waals surface area contributed by atoms with E-state index in [1.807, 2.05) is 13.8 Å². The minimum atomic E-state index is 0.343. The van der Waals surface area contributed by atoms with Gasteiger partial charge in [0.25, 0.3) is 0 Å². The molecular weight excluding hydrogens is 218 g/mol. The van der Waals surface area contributed by atoms with E-state index in [0.717, 1.165) is 6.42 Å². The van der Waals surface area contributed by atoms with Gasteiger partial charge in [-0.2, -0.15) is 0 Å². The molecule has 0 radical (unpaired) electrons. The van der Waals surface area contributed by atoms with Gasteiger partial charge in [-0.1, -0.05) is 46.8 Å². The monoisotopic (exact) mass is 244 g/mol. The molecule has 0 unspecified atom stereocenters. The minimum Gasteiger partial charge on any atom is -0.201 e. The van der Waals surface area contributed by atoms with Gasteiger partial charge in [0.1, 0.15) is 7.05 Å².